The molecule has 1 atom stereocenters. The molecule has 0 heterocycles. The van der Waals surface area contributed by atoms with Gasteiger partial charge in [0.05, 0.1) is 18.6 Å². The molecule has 2 amide bonds. The van der Waals surface area contributed by atoms with Gasteiger partial charge in [0.1, 0.15) is 11.8 Å². The highest BCUT2D eigenvalue weighted by Crippen LogP contribution is 2.30. The van der Waals surface area contributed by atoms with Crippen LogP contribution < -0.4 is 14.4 Å². The summed E-state index contributed by atoms with van der Waals surface area (Å²) in [4.78, 5) is 29.3. The highest BCUT2D eigenvalue weighted by atomic mass is 32.2. The van der Waals surface area contributed by atoms with Gasteiger partial charge in [-0.1, -0.05) is 86.1 Å². The number of anilines is 1. The number of para-hydroxylation sites is 2. The molecule has 3 aromatic carbocycles. The zero-order valence-electron chi connectivity index (χ0n) is 26.0. The summed E-state index contributed by atoms with van der Waals surface area (Å²) in [6, 6.07) is 23.8. The van der Waals surface area contributed by atoms with Crippen molar-refractivity contribution in [3.8, 4) is 5.75 Å². The first-order valence-corrected chi connectivity index (χ1v) is 16.7. The minimum Gasteiger partial charge on any atom is -0.492 e. The van der Waals surface area contributed by atoms with Crippen LogP contribution in [0.4, 0.5) is 5.69 Å². The van der Waals surface area contributed by atoms with Gasteiger partial charge in [-0.25, -0.2) is 8.42 Å². The summed E-state index contributed by atoms with van der Waals surface area (Å²) in [6.45, 7) is 9.13. The average molecular weight is 608 g/mol. The first-order valence-electron chi connectivity index (χ1n) is 14.9. The number of hydrogen-bond acceptors (Lipinski definition) is 5. The first kappa shape index (κ1) is 33.6. The van der Waals surface area contributed by atoms with Crippen molar-refractivity contribution < 1.29 is 22.7 Å². The third-order valence-electron chi connectivity index (χ3n) is 6.98. The van der Waals surface area contributed by atoms with Gasteiger partial charge >= 0.3 is 0 Å². The van der Waals surface area contributed by atoms with E-state index < -0.39 is 16.1 Å². The maximum atomic E-state index is 14.0. The number of ether oxygens (including phenoxy) is 1. The normalized spacial score (nSPS) is 12.0. The van der Waals surface area contributed by atoms with Gasteiger partial charge in [0.2, 0.25) is 21.8 Å². The molecule has 0 saturated carbocycles. The number of hydrogen-bond donors (Lipinski definition) is 1. The molecule has 1 N–H and O–H groups in total. The molecule has 3 rings (SSSR count). The smallest absolute Gasteiger partial charge is 0.243 e. The summed E-state index contributed by atoms with van der Waals surface area (Å²) in [5, 5.41) is 3.03. The summed E-state index contributed by atoms with van der Waals surface area (Å²) in [5.74, 6) is 0.298. The molecule has 0 saturated heterocycles. The topological polar surface area (TPSA) is 96.0 Å². The molecule has 0 aliphatic carbocycles. The Morgan fingerprint density at radius 3 is 2.26 bits per heavy atom. The second-order valence-electron chi connectivity index (χ2n) is 11.2. The molecule has 8 nitrogen and oxygen atoms in total. The quantitative estimate of drug-likeness (QED) is 0.237. The second-order valence-corrected chi connectivity index (χ2v) is 13.1. The van der Waals surface area contributed by atoms with E-state index in [0.717, 1.165) is 22.9 Å². The van der Waals surface area contributed by atoms with E-state index in [0.29, 0.717) is 31.0 Å². The summed E-state index contributed by atoms with van der Waals surface area (Å²) in [6.07, 6.45) is 1.84. The molecule has 3 aromatic rings. The Bertz CT molecular complexity index is 1440. The molecular formula is C34H45N3O5S. The molecule has 0 fully saturated rings. The van der Waals surface area contributed by atoms with Crippen LogP contribution in [0.25, 0.3) is 0 Å². The lowest BCUT2D eigenvalue weighted by Gasteiger charge is -2.32. The molecule has 0 aromatic heterocycles. The Balaban J connectivity index is 1.90. The molecule has 0 aliphatic heterocycles. The van der Waals surface area contributed by atoms with Gasteiger partial charge in [0.15, 0.2) is 0 Å². The van der Waals surface area contributed by atoms with Crippen LogP contribution in [0.3, 0.4) is 0 Å². The summed E-state index contributed by atoms with van der Waals surface area (Å²) in [5.41, 5.74) is 3.37. The largest absolute Gasteiger partial charge is 0.492 e. The van der Waals surface area contributed by atoms with Crippen molar-refractivity contribution in [2.75, 3.05) is 30.3 Å². The minimum atomic E-state index is -3.65. The minimum absolute atomic E-state index is 0.0669. The van der Waals surface area contributed by atoms with Crippen LogP contribution >= 0.6 is 0 Å². The maximum absolute atomic E-state index is 14.0. The van der Waals surface area contributed by atoms with Crippen molar-refractivity contribution in [2.24, 2.45) is 5.92 Å². The van der Waals surface area contributed by atoms with E-state index in [1.165, 1.54) is 4.31 Å². The number of aryl methyl sites for hydroxylation is 1. The highest BCUT2D eigenvalue weighted by Gasteiger charge is 2.31. The highest BCUT2D eigenvalue weighted by molar-refractivity contribution is 7.92. The fraction of sp³-hybridized carbons (Fsp3) is 0.412. The number of nitrogens with one attached hydrogen (secondary N) is 1. The average Bonchev–Trinajstić information content (AvgIpc) is 2.96. The standard InChI is InChI=1S/C34H45N3O5S/c1-6-42-32-19-11-10-18-30(32)37(43(5,40)41)21-13-20-33(38)36(25-29-17-12-14-27(4)22-29)31(34(39)35-24-26(2)3)23-28-15-8-7-9-16-28/h7-12,14-19,22,26,31H,6,13,20-21,23-25H2,1-5H3,(H,35,39)/t31-/m1/s1. The van der Waals surface area contributed by atoms with E-state index in [1.54, 1.807) is 29.2 Å². The molecule has 0 radical (unpaired) electrons. The number of carbonyl (C=O) groups is 2. The molecule has 232 valence electrons. The SMILES string of the molecule is CCOc1ccccc1N(CCCC(=O)N(Cc1cccc(C)c1)[C@H](Cc1ccccc1)C(=O)NCC(C)C)S(C)(=O)=O. The van der Waals surface area contributed by atoms with Crippen molar-refractivity contribution >= 4 is 27.5 Å². The summed E-state index contributed by atoms with van der Waals surface area (Å²) >= 11 is 0. The number of nitrogens with zero attached hydrogens (tertiary/aromatic N) is 2. The van der Waals surface area contributed by atoms with Gasteiger partial charge in [-0.15, -0.1) is 0 Å². The number of sulfonamides is 1. The van der Waals surface area contributed by atoms with Crippen molar-refractivity contribution in [3.63, 3.8) is 0 Å². The molecule has 0 spiro atoms. The molecule has 9 heteroatoms. The monoisotopic (exact) mass is 607 g/mol. The number of benzene rings is 3. The van der Waals surface area contributed by atoms with Crippen molar-refractivity contribution in [2.45, 2.75) is 59.5 Å². The van der Waals surface area contributed by atoms with Crippen LogP contribution in [-0.2, 0) is 32.6 Å². The molecule has 0 aliphatic rings. The van der Waals surface area contributed by atoms with E-state index in [2.05, 4.69) is 5.32 Å². The molecule has 0 bridgehead atoms. The second kappa shape index (κ2) is 16.1. The zero-order chi connectivity index (χ0) is 31.4. The lowest BCUT2D eigenvalue weighted by molar-refractivity contribution is -0.141. The lowest BCUT2D eigenvalue weighted by Crippen LogP contribution is -2.51. The van der Waals surface area contributed by atoms with Crippen LogP contribution in [-0.4, -0.2) is 57.1 Å². The fourth-order valence-electron chi connectivity index (χ4n) is 4.91. The number of amides is 2. The van der Waals surface area contributed by atoms with E-state index in [-0.39, 0.29) is 43.7 Å². The Hall–Kier alpha value is -3.85. The molecule has 43 heavy (non-hydrogen) atoms. The maximum Gasteiger partial charge on any atom is 0.243 e. The van der Waals surface area contributed by atoms with Gasteiger partial charge in [-0.3, -0.25) is 13.9 Å². The van der Waals surface area contributed by atoms with E-state index >= 15 is 0 Å². The Labute approximate surface area is 257 Å². The third-order valence-corrected chi connectivity index (χ3v) is 8.16. The van der Waals surface area contributed by atoms with E-state index in [9.17, 15) is 18.0 Å². The van der Waals surface area contributed by atoms with E-state index in [4.69, 9.17) is 4.74 Å². The Morgan fingerprint density at radius 2 is 1.60 bits per heavy atom. The van der Waals surface area contributed by atoms with Crippen LogP contribution in [0.2, 0.25) is 0 Å². The summed E-state index contributed by atoms with van der Waals surface area (Å²) in [7, 11) is -3.65. The summed E-state index contributed by atoms with van der Waals surface area (Å²) < 4.78 is 32.6. The van der Waals surface area contributed by atoms with Crippen molar-refractivity contribution in [1.29, 1.82) is 0 Å². The van der Waals surface area contributed by atoms with Crippen molar-refractivity contribution in [3.05, 3.63) is 95.6 Å². The van der Waals surface area contributed by atoms with Gasteiger partial charge in [0, 0.05) is 32.5 Å². The first-order chi connectivity index (χ1) is 20.5. The van der Waals surface area contributed by atoms with Gasteiger partial charge in [-0.05, 0) is 49.4 Å². The van der Waals surface area contributed by atoms with Crippen LogP contribution in [0.1, 0.15) is 50.3 Å². The lowest BCUT2D eigenvalue weighted by atomic mass is 10.0. The molecule has 0 unspecified atom stereocenters. The van der Waals surface area contributed by atoms with Gasteiger partial charge in [0.25, 0.3) is 0 Å². The van der Waals surface area contributed by atoms with E-state index in [1.807, 2.05) is 82.3 Å². The van der Waals surface area contributed by atoms with Crippen LogP contribution in [0.5, 0.6) is 5.75 Å². The Morgan fingerprint density at radius 1 is 0.930 bits per heavy atom. The predicted molar refractivity (Wildman–Crippen MR) is 173 cm³/mol. The Kier molecular flexibility index (Phi) is 12.6. The predicted octanol–water partition coefficient (Wildman–Crippen LogP) is 5.35. The number of carbonyl (C=O) groups excluding carboxylic acids is 2. The van der Waals surface area contributed by atoms with Crippen molar-refractivity contribution in [1.82, 2.24) is 10.2 Å². The third kappa shape index (κ3) is 10.4. The van der Waals surface area contributed by atoms with Crippen LogP contribution in [0, 0.1) is 12.8 Å². The van der Waals surface area contributed by atoms with Crippen LogP contribution in [0.15, 0.2) is 78.9 Å². The van der Waals surface area contributed by atoms with Gasteiger partial charge in [-0.2, -0.15) is 0 Å². The van der Waals surface area contributed by atoms with Gasteiger partial charge < -0.3 is 15.0 Å². The molecular weight excluding hydrogens is 562 g/mol. The fourth-order valence-corrected chi connectivity index (χ4v) is 5.88. The zero-order valence-corrected chi connectivity index (χ0v) is 26.8. The number of rotatable bonds is 16.